The van der Waals surface area contributed by atoms with Gasteiger partial charge in [0.15, 0.2) is 10.7 Å². The standard InChI is InChI=1S/C25H31ClN2O2S/c1-25(2)12-11-20(24(17-25)19-3-5-21(26)6-4-19)18-27-13-15-28(16-14-27)22-7-9-23(10-8-22)31(29)30/h3-10,31H,11-18H2,1-2H3. The Morgan fingerprint density at radius 1 is 0.935 bits per heavy atom. The lowest BCUT2D eigenvalue weighted by Crippen LogP contribution is -2.47. The van der Waals surface area contributed by atoms with Crippen LogP contribution in [-0.2, 0) is 10.7 Å². The summed E-state index contributed by atoms with van der Waals surface area (Å²) in [7, 11) is -2.51. The number of hydrogen-bond donors (Lipinski definition) is 1. The minimum Gasteiger partial charge on any atom is -0.369 e. The summed E-state index contributed by atoms with van der Waals surface area (Å²) in [5.74, 6) is 0. The van der Waals surface area contributed by atoms with Gasteiger partial charge in [-0.1, -0.05) is 43.2 Å². The number of nitrogens with zero attached hydrogens (tertiary/aromatic N) is 2. The van der Waals surface area contributed by atoms with Gasteiger partial charge in [0.25, 0.3) is 0 Å². The Balaban J connectivity index is 1.45. The van der Waals surface area contributed by atoms with Crippen molar-refractivity contribution < 1.29 is 8.42 Å². The maximum absolute atomic E-state index is 11.1. The zero-order chi connectivity index (χ0) is 22.0. The third-order valence-electron chi connectivity index (χ3n) is 6.59. The van der Waals surface area contributed by atoms with Gasteiger partial charge in [0.05, 0.1) is 4.90 Å². The SMILES string of the molecule is CC1(C)CCC(CN2CCN(c3ccc([SH](=O)=O)cc3)CC2)=C(c2ccc(Cl)cc2)C1. The van der Waals surface area contributed by atoms with Crippen molar-refractivity contribution in [2.75, 3.05) is 37.6 Å². The first kappa shape index (κ1) is 22.4. The molecule has 1 saturated heterocycles. The minimum absolute atomic E-state index is 0.331. The molecule has 0 unspecified atom stereocenters. The average Bonchev–Trinajstić information content (AvgIpc) is 2.76. The molecule has 1 fully saturated rings. The molecule has 0 atom stereocenters. The number of piperazine rings is 1. The summed E-state index contributed by atoms with van der Waals surface area (Å²) in [6.07, 6.45) is 3.49. The first-order valence-electron chi connectivity index (χ1n) is 11.0. The van der Waals surface area contributed by atoms with Crippen LogP contribution in [0.4, 0.5) is 5.69 Å². The fourth-order valence-corrected chi connectivity index (χ4v) is 5.20. The van der Waals surface area contributed by atoms with Gasteiger partial charge in [0.1, 0.15) is 0 Å². The fraction of sp³-hybridized carbons (Fsp3) is 0.440. The van der Waals surface area contributed by atoms with E-state index < -0.39 is 10.7 Å². The molecule has 2 aromatic carbocycles. The summed E-state index contributed by atoms with van der Waals surface area (Å²) in [5.41, 5.74) is 5.80. The minimum atomic E-state index is -2.51. The van der Waals surface area contributed by atoms with E-state index in [1.54, 1.807) is 17.7 Å². The van der Waals surface area contributed by atoms with E-state index in [0.717, 1.165) is 56.3 Å². The number of rotatable bonds is 5. The maximum Gasteiger partial charge on any atom is 0.168 e. The first-order chi connectivity index (χ1) is 14.8. The molecule has 0 bridgehead atoms. The zero-order valence-electron chi connectivity index (χ0n) is 18.3. The molecule has 0 aromatic heterocycles. The first-order valence-corrected chi connectivity index (χ1v) is 12.5. The average molecular weight is 459 g/mol. The second kappa shape index (κ2) is 9.35. The second-order valence-corrected chi connectivity index (χ2v) is 10.9. The van der Waals surface area contributed by atoms with Crippen molar-refractivity contribution in [1.82, 2.24) is 4.90 Å². The van der Waals surface area contributed by atoms with Gasteiger partial charge >= 0.3 is 0 Å². The third-order valence-corrected chi connectivity index (χ3v) is 7.56. The molecular weight excluding hydrogens is 428 g/mol. The van der Waals surface area contributed by atoms with E-state index in [4.69, 9.17) is 11.6 Å². The topological polar surface area (TPSA) is 40.6 Å². The molecular formula is C25H31ClN2O2S. The highest BCUT2D eigenvalue weighted by atomic mass is 35.5. The van der Waals surface area contributed by atoms with Crippen molar-refractivity contribution in [3.05, 3.63) is 64.7 Å². The number of thiol groups is 1. The summed E-state index contributed by atoms with van der Waals surface area (Å²) in [4.78, 5) is 5.28. The molecule has 1 aliphatic carbocycles. The van der Waals surface area contributed by atoms with Gasteiger partial charge < -0.3 is 4.90 Å². The van der Waals surface area contributed by atoms with Crippen LogP contribution in [0.1, 0.15) is 38.7 Å². The van der Waals surface area contributed by atoms with Crippen LogP contribution in [0, 0.1) is 5.41 Å². The summed E-state index contributed by atoms with van der Waals surface area (Å²) in [6.45, 7) is 9.70. The van der Waals surface area contributed by atoms with Gasteiger partial charge in [-0.05, 0) is 72.2 Å². The molecule has 0 amide bonds. The molecule has 2 aromatic rings. The predicted molar refractivity (Wildman–Crippen MR) is 130 cm³/mol. The van der Waals surface area contributed by atoms with Crippen LogP contribution in [0.3, 0.4) is 0 Å². The summed E-state index contributed by atoms with van der Waals surface area (Å²) >= 11 is 6.13. The number of benzene rings is 2. The van der Waals surface area contributed by atoms with Crippen molar-refractivity contribution in [3.8, 4) is 0 Å². The highest BCUT2D eigenvalue weighted by Gasteiger charge is 2.29. The van der Waals surface area contributed by atoms with Gasteiger partial charge in [-0.25, -0.2) is 8.42 Å². The molecule has 0 radical (unpaired) electrons. The molecule has 6 heteroatoms. The molecule has 1 aliphatic heterocycles. The lowest BCUT2D eigenvalue weighted by Gasteiger charge is -2.39. The molecule has 4 nitrogen and oxygen atoms in total. The zero-order valence-corrected chi connectivity index (χ0v) is 20.0. The quantitative estimate of drug-likeness (QED) is 0.633. The molecule has 0 N–H and O–H groups in total. The van der Waals surface area contributed by atoms with E-state index in [0.29, 0.717) is 10.3 Å². The molecule has 0 saturated carbocycles. The number of anilines is 1. The smallest absolute Gasteiger partial charge is 0.168 e. The van der Waals surface area contributed by atoms with Crippen LogP contribution >= 0.6 is 11.6 Å². The Labute approximate surface area is 192 Å². The lowest BCUT2D eigenvalue weighted by atomic mass is 9.72. The summed E-state index contributed by atoms with van der Waals surface area (Å²) in [6, 6.07) is 15.5. The van der Waals surface area contributed by atoms with Gasteiger partial charge in [-0.3, -0.25) is 4.90 Å². The van der Waals surface area contributed by atoms with E-state index >= 15 is 0 Å². The molecule has 1 heterocycles. The summed E-state index contributed by atoms with van der Waals surface area (Å²) < 4.78 is 22.2. The number of allylic oxidation sites excluding steroid dienone is 1. The molecule has 2 aliphatic rings. The molecule has 4 rings (SSSR count). The Bertz CT molecular complexity index is 1010. The van der Waals surface area contributed by atoms with E-state index in [1.165, 1.54) is 17.6 Å². The van der Waals surface area contributed by atoms with Crippen LogP contribution in [0.15, 0.2) is 59.0 Å². The highest BCUT2D eigenvalue weighted by Crippen LogP contribution is 2.43. The van der Waals surface area contributed by atoms with E-state index in [2.05, 4.69) is 35.8 Å². The number of hydrogen-bond acceptors (Lipinski definition) is 4. The molecule has 31 heavy (non-hydrogen) atoms. The summed E-state index contributed by atoms with van der Waals surface area (Å²) in [5, 5.41) is 0.784. The highest BCUT2D eigenvalue weighted by molar-refractivity contribution is 7.72. The van der Waals surface area contributed by atoms with Crippen molar-refractivity contribution >= 4 is 33.6 Å². The van der Waals surface area contributed by atoms with Gasteiger partial charge in [0, 0.05) is 43.4 Å². The monoisotopic (exact) mass is 458 g/mol. The van der Waals surface area contributed by atoms with E-state index in [1.807, 2.05) is 24.3 Å². The van der Waals surface area contributed by atoms with Crippen molar-refractivity contribution in [1.29, 1.82) is 0 Å². The molecule has 0 spiro atoms. The maximum atomic E-state index is 11.1. The van der Waals surface area contributed by atoms with E-state index in [-0.39, 0.29) is 0 Å². The van der Waals surface area contributed by atoms with Gasteiger partial charge in [-0.15, -0.1) is 0 Å². The van der Waals surface area contributed by atoms with Crippen LogP contribution in [0.5, 0.6) is 0 Å². The Morgan fingerprint density at radius 3 is 2.19 bits per heavy atom. The van der Waals surface area contributed by atoms with Gasteiger partial charge in [-0.2, -0.15) is 0 Å². The fourth-order valence-electron chi connectivity index (χ4n) is 4.68. The number of halogens is 1. The normalized spacial score (nSPS) is 19.8. The molecule has 166 valence electrons. The third kappa shape index (κ3) is 5.51. The van der Waals surface area contributed by atoms with Crippen LogP contribution < -0.4 is 4.90 Å². The van der Waals surface area contributed by atoms with Crippen LogP contribution in [0.2, 0.25) is 5.02 Å². The largest absolute Gasteiger partial charge is 0.369 e. The second-order valence-electron chi connectivity index (χ2n) is 9.47. The Morgan fingerprint density at radius 2 is 1.58 bits per heavy atom. The van der Waals surface area contributed by atoms with E-state index in [9.17, 15) is 8.42 Å². The predicted octanol–water partition coefficient (Wildman–Crippen LogP) is 5.10. The van der Waals surface area contributed by atoms with Crippen LogP contribution in [0.25, 0.3) is 5.57 Å². The Hall–Kier alpha value is -1.82. The lowest BCUT2D eigenvalue weighted by molar-refractivity contribution is 0.264. The van der Waals surface area contributed by atoms with Crippen molar-refractivity contribution in [2.24, 2.45) is 5.41 Å². The Kier molecular flexibility index (Phi) is 6.75. The van der Waals surface area contributed by atoms with Gasteiger partial charge in [0.2, 0.25) is 0 Å². The van der Waals surface area contributed by atoms with Crippen molar-refractivity contribution in [3.63, 3.8) is 0 Å². The van der Waals surface area contributed by atoms with Crippen LogP contribution in [-0.4, -0.2) is 46.0 Å². The van der Waals surface area contributed by atoms with Crippen molar-refractivity contribution in [2.45, 2.75) is 38.0 Å².